The molecule has 0 aliphatic carbocycles. The maximum absolute atomic E-state index is 12.1. The van der Waals surface area contributed by atoms with Crippen LogP contribution >= 0.6 is 11.3 Å². The third-order valence-electron chi connectivity index (χ3n) is 5.30. The summed E-state index contributed by atoms with van der Waals surface area (Å²) in [6, 6.07) is 11.9. The summed E-state index contributed by atoms with van der Waals surface area (Å²) < 4.78 is 11.3. The fraction of sp³-hybridized carbons (Fsp3) is 0.478. The van der Waals surface area contributed by atoms with E-state index in [1.807, 2.05) is 35.7 Å². The normalized spacial score (nSPS) is 14.4. The molecule has 1 aliphatic rings. The number of hydrogen-bond acceptors (Lipinski definition) is 6. The van der Waals surface area contributed by atoms with Gasteiger partial charge in [-0.1, -0.05) is 18.2 Å². The van der Waals surface area contributed by atoms with Gasteiger partial charge in [0.25, 0.3) is 5.91 Å². The van der Waals surface area contributed by atoms with E-state index in [0.29, 0.717) is 30.6 Å². The molecule has 3 rings (SSSR count). The molecular formula is C23H31N3O4S. The molecule has 8 heteroatoms. The van der Waals surface area contributed by atoms with E-state index < -0.39 is 0 Å². The van der Waals surface area contributed by atoms with Crippen molar-refractivity contribution in [3.05, 3.63) is 52.2 Å². The first-order chi connectivity index (χ1) is 15.1. The van der Waals surface area contributed by atoms with Gasteiger partial charge in [0.1, 0.15) is 12.4 Å². The van der Waals surface area contributed by atoms with Crippen LogP contribution in [0.3, 0.4) is 0 Å². The Morgan fingerprint density at radius 2 is 2.03 bits per heavy atom. The molecule has 2 amide bonds. The van der Waals surface area contributed by atoms with Crippen LogP contribution in [0.15, 0.2) is 41.8 Å². The first-order valence-electron chi connectivity index (χ1n) is 10.7. The van der Waals surface area contributed by atoms with Gasteiger partial charge in [0.05, 0.1) is 4.88 Å². The number of hydrogen-bond donors (Lipinski definition) is 2. The Balaban J connectivity index is 1.33. The lowest BCUT2D eigenvalue weighted by Gasteiger charge is -2.31. The van der Waals surface area contributed by atoms with Crippen LogP contribution in [0.2, 0.25) is 0 Å². The number of benzene rings is 1. The predicted octanol–water partition coefficient (Wildman–Crippen LogP) is 2.67. The Morgan fingerprint density at radius 1 is 1.19 bits per heavy atom. The molecule has 1 aliphatic heterocycles. The summed E-state index contributed by atoms with van der Waals surface area (Å²) in [5.41, 5.74) is 0.978. The Morgan fingerprint density at radius 3 is 2.81 bits per heavy atom. The Labute approximate surface area is 187 Å². The number of carbonyl (C=O) groups is 2. The van der Waals surface area contributed by atoms with Gasteiger partial charge in [-0.25, -0.2) is 0 Å². The van der Waals surface area contributed by atoms with Crippen molar-refractivity contribution in [3.63, 3.8) is 0 Å². The van der Waals surface area contributed by atoms with Crippen LogP contribution in [0.1, 0.15) is 34.5 Å². The molecule has 1 saturated heterocycles. The molecule has 0 spiro atoms. The molecule has 168 valence electrons. The topological polar surface area (TPSA) is 79.9 Å². The van der Waals surface area contributed by atoms with Gasteiger partial charge in [-0.15, -0.1) is 11.3 Å². The summed E-state index contributed by atoms with van der Waals surface area (Å²) >= 11 is 1.38. The van der Waals surface area contributed by atoms with Crippen molar-refractivity contribution in [1.82, 2.24) is 15.5 Å². The van der Waals surface area contributed by atoms with Gasteiger partial charge < -0.3 is 20.1 Å². The smallest absolute Gasteiger partial charge is 0.261 e. The van der Waals surface area contributed by atoms with E-state index in [0.717, 1.165) is 43.9 Å². The van der Waals surface area contributed by atoms with Crippen LogP contribution in [-0.2, 0) is 16.1 Å². The maximum Gasteiger partial charge on any atom is 0.261 e. The second kappa shape index (κ2) is 12.4. The molecule has 0 atom stereocenters. The lowest BCUT2D eigenvalue weighted by atomic mass is 10.1. The second-order valence-electron chi connectivity index (χ2n) is 7.58. The van der Waals surface area contributed by atoms with Crippen molar-refractivity contribution in [1.29, 1.82) is 0 Å². The van der Waals surface area contributed by atoms with Crippen molar-refractivity contribution < 1.29 is 19.1 Å². The molecule has 7 nitrogen and oxygen atoms in total. The van der Waals surface area contributed by atoms with Crippen molar-refractivity contribution in [3.8, 4) is 5.75 Å². The Kier molecular flexibility index (Phi) is 9.33. The van der Waals surface area contributed by atoms with Gasteiger partial charge in [-0.05, 0) is 49.0 Å². The van der Waals surface area contributed by atoms with Crippen molar-refractivity contribution in [2.45, 2.75) is 31.8 Å². The number of carbonyl (C=O) groups excluding carboxylic acids is 2. The van der Waals surface area contributed by atoms with E-state index >= 15 is 0 Å². The first kappa shape index (κ1) is 23.2. The molecule has 1 aromatic heterocycles. The minimum atomic E-state index is -0.143. The highest BCUT2D eigenvalue weighted by Gasteiger charge is 2.18. The van der Waals surface area contributed by atoms with Crippen LogP contribution in [0.4, 0.5) is 0 Å². The van der Waals surface area contributed by atoms with Crippen molar-refractivity contribution >= 4 is 23.2 Å². The van der Waals surface area contributed by atoms with E-state index in [9.17, 15) is 9.59 Å². The molecule has 1 fully saturated rings. The van der Waals surface area contributed by atoms with Gasteiger partial charge in [-0.2, -0.15) is 0 Å². The van der Waals surface area contributed by atoms with Crippen LogP contribution in [0.5, 0.6) is 5.75 Å². The average molecular weight is 446 g/mol. The number of ether oxygens (including phenoxy) is 2. The maximum atomic E-state index is 12.1. The average Bonchev–Trinajstić information content (AvgIpc) is 3.34. The second-order valence-corrected chi connectivity index (χ2v) is 8.53. The number of amides is 2. The standard InChI is InChI=1S/C23H31N3O4S/c1-26(19-8-12-29-13-9-19)11-14-30-20-5-2-4-18(16-20)17-25-22(27)7-10-24-23(28)21-6-3-15-31-21/h2-6,15-16,19H,7-14,17H2,1H3,(H,24,28)(H,25,27). The molecule has 0 unspecified atom stereocenters. The summed E-state index contributed by atoms with van der Waals surface area (Å²) in [6.45, 7) is 3.90. The fourth-order valence-electron chi connectivity index (χ4n) is 3.43. The van der Waals surface area contributed by atoms with Gasteiger partial charge >= 0.3 is 0 Å². The minimum absolute atomic E-state index is 0.101. The van der Waals surface area contributed by atoms with E-state index in [2.05, 4.69) is 22.6 Å². The molecular weight excluding hydrogens is 414 g/mol. The van der Waals surface area contributed by atoms with Crippen LogP contribution in [-0.4, -0.2) is 62.7 Å². The molecule has 2 heterocycles. The molecule has 2 aromatic rings. The van der Waals surface area contributed by atoms with Gasteiger partial charge in [0.15, 0.2) is 0 Å². The number of thiophene rings is 1. The third kappa shape index (κ3) is 7.97. The minimum Gasteiger partial charge on any atom is -0.492 e. The number of nitrogens with zero attached hydrogens (tertiary/aromatic N) is 1. The third-order valence-corrected chi connectivity index (χ3v) is 6.17. The lowest BCUT2D eigenvalue weighted by molar-refractivity contribution is -0.121. The van der Waals surface area contributed by atoms with Crippen molar-refractivity contribution in [2.75, 3.05) is 40.0 Å². The highest BCUT2D eigenvalue weighted by molar-refractivity contribution is 7.12. The van der Waals surface area contributed by atoms with Crippen LogP contribution in [0.25, 0.3) is 0 Å². The lowest BCUT2D eigenvalue weighted by Crippen LogP contribution is -2.38. The SMILES string of the molecule is CN(CCOc1cccc(CNC(=O)CCNC(=O)c2cccs2)c1)C1CCOCC1. The monoisotopic (exact) mass is 445 g/mol. The molecule has 2 N–H and O–H groups in total. The van der Waals surface area contributed by atoms with E-state index in [1.165, 1.54) is 11.3 Å². The largest absolute Gasteiger partial charge is 0.492 e. The van der Waals surface area contributed by atoms with Crippen molar-refractivity contribution in [2.24, 2.45) is 0 Å². The summed E-state index contributed by atoms with van der Waals surface area (Å²) in [5, 5.41) is 7.50. The Bertz CT molecular complexity index is 822. The van der Waals surface area contributed by atoms with Gasteiger partial charge in [0.2, 0.25) is 5.91 Å². The first-order valence-corrected chi connectivity index (χ1v) is 11.6. The van der Waals surface area contributed by atoms with Crippen LogP contribution in [0, 0.1) is 0 Å². The quantitative estimate of drug-likeness (QED) is 0.556. The predicted molar refractivity (Wildman–Crippen MR) is 122 cm³/mol. The Hall–Kier alpha value is -2.42. The highest BCUT2D eigenvalue weighted by atomic mass is 32.1. The summed E-state index contributed by atoms with van der Waals surface area (Å²) in [6.07, 6.45) is 2.39. The zero-order valence-corrected chi connectivity index (χ0v) is 18.8. The number of rotatable bonds is 11. The number of nitrogens with one attached hydrogen (secondary N) is 2. The van der Waals surface area contributed by atoms with Crippen LogP contribution < -0.4 is 15.4 Å². The van der Waals surface area contributed by atoms with E-state index in [4.69, 9.17) is 9.47 Å². The summed E-state index contributed by atoms with van der Waals surface area (Å²) in [4.78, 5) is 26.9. The van der Waals surface area contributed by atoms with Gasteiger partial charge in [-0.3, -0.25) is 14.5 Å². The summed E-state index contributed by atoms with van der Waals surface area (Å²) in [7, 11) is 2.13. The molecule has 0 bridgehead atoms. The molecule has 0 saturated carbocycles. The summed E-state index contributed by atoms with van der Waals surface area (Å²) in [5.74, 6) is 0.557. The molecule has 0 radical (unpaired) electrons. The zero-order valence-electron chi connectivity index (χ0n) is 18.0. The molecule has 31 heavy (non-hydrogen) atoms. The van der Waals surface area contributed by atoms with E-state index in [1.54, 1.807) is 6.07 Å². The van der Waals surface area contributed by atoms with E-state index in [-0.39, 0.29) is 18.2 Å². The number of likely N-dealkylation sites (N-methyl/N-ethyl adjacent to an activating group) is 1. The highest BCUT2D eigenvalue weighted by Crippen LogP contribution is 2.15. The molecule has 1 aromatic carbocycles. The van der Waals surface area contributed by atoms with Gasteiger partial charge in [0, 0.05) is 45.3 Å². The fourth-order valence-corrected chi connectivity index (χ4v) is 4.07. The zero-order chi connectivity index (χ0) is 21.9.